The number of hydrogen-bond acceptors (Lipinski definition) is 6. The Labute approximate surface area is 156 Å². The molecular formula is C17H18N2O5S2. The second-order valence-electron chi connectivity index (χ2n) is 5.51. The van der Waals surface area contributed by atoms with Crippen LogP contribution in [0.25, 0.3) is 0 Å². The number of ether oxygens (including phenoxy) is 2. The van der Waals surface area contributed by atoms with E-state index >= 15 is 0 Å². The highest BCUT2D eigenvalue weighted by atomic mass is 32.2. The maximum Gasteiger partial charge on any atom is 0.264 e. The van der Waals surface area contributed by atoms with Crippen LogP contribution in [0.1, 0.15) is 0 Å². The molecule has 0 aliphatic carbocycles. The molecule has 0 unspecified atom stereocenters. The standard InChI is InChI=1S/C17H18N2O5S2/c1-19(14-6-4-11(23-2)8-15(14)24-3)26(21,22)12-5-7-16-13(9-12)18-17(20)10-25-16/h4-9H,10H2,1-3H3,(H,18,20). The lowest BCUT2D eigenvalue weighted by Gasteiger charge is -2.23. The summed E-state index contributed by atoms with van der Waals surface area (Å²) in [5.41, 5.74) is 0.881. The van der Waals surface area contributed by atoms with E-state index < -0.39 is 10.0 Å². The van der Waals surface area contributed by atoms with E-state index in [-0.39, 0.29) is 10.8 Å². The van der Waals surface area contributed by atoms with Crippen LogP contribution >= 0.6 is 11.8 Å². The van der Waals surface area contributed by atoms with Crippen LogP contribution < -0.4 is 19.1 Å². The number of sulfonamides is 1. The summed E-state index contributed by atoms with van der Waals surface area (Å²) in [6.45, 7) is 0. The Kier molecular flexibility index (Phi) is 5.01. The molecule has 0 saturated heterocycles. The van der Waals surface area contributed by atoms with Crippen LogP contribution in [-0.4, -0.2) is 41.3 Å². The molecular weight excluding hydrogens is 376 g/mol. The highest BCUT2D eigenvalue weighted by molar-refractivity contribution is 8.00. The van der Waals surface area contributed by atoms with Crippen molar-refractivity contribution in [1.29, 1.82) is 0 Å². The molecule has 0 fully saturated rings. The highest BCUT2D eigenvalue weighted by Crippen LogP contribution is 2.37. The zero-order chi connectivity index (χ0) is 18.9. The number of carbonyl (C=O) groups is 1. The molecule has 0 spiro atoms. The molecule has 0 aromatic heterocycles. The minimum absolute atomic E-state index is 0.0828. The molecule has 1 aliphatic rings. The molecule has 1 heterocycles. The number of nitrogens with one attached hydrogen (secondary N) is 1. The van der Waals surface area contributed by atoms with Crippen molar-refractivity contribution in [2.24, 2.45) is 0 Å². The Morgan fingerprint density at radius 3 is 2.58 bits per heavy atom. The van der Waals surface area contributed by atoms with Gasteiger partial charge < -0.3 is 14.8 Å². The van der Waals surface area contributed by atoms with Crippen LogP contribution in [-0.2, 0) is 14.8 Å². The van der Waals surface area contributed by atoms with Gasteiger partial charge in [-0.15, -0.1) is 11.8 Å². The maximum absolute atomic E-state index is 13.0. The fraction of sp³-hybridized carbons (Fsp3) is 0.235. The molecule has 1 N–H and O–H groups in total. The van der Waals surface area contributed by atoms with Gasteiger partial charge in [0, 0.05) is 18.0 Å². The van der Waals surface area contributed by atoms with Crippen molar-refractivity contribution in [3.8, 4) is 11.5 Å². The number of benzene rings is 2. The third-order valence-electron chi connectivity index (χ3n) is 3.97. The minimum atomic E-state index is -3.84. The molecule has 0 radical (unpaired) electrons. The second kappa shape index (κ2) is 7.08. The van der Waals surface area contributed by atoms with Crippen molar-refractivity contribution >= 4 is 39.1 Å². The molecule has 7 nitrogen and oxygen atoms in total. The molecule has 0 atom stereocenters. The summed E-state index contributed by atoms with van der Waals surface area (Å²) in [4.78, 5) is 12.5. The zero-order valence-electron chi connectivity index (χ0n) is 14.5. The van der Waals surface area contributed by atoms with E-state index in [9.17, 15) is 13.2 Å². The van der Waals surface area contributed by atoms with Gasteiger partial charge in [-0.25, -0.2) is 8.42 Å². The number of anilines is 2. The van der Waals surface area contributed by atoms with Gasteiger partial charge in [0.25, 0.3) is 10.0 Å². The lowest BCUT2D eigenvalue weighted by Crippen LogP contribution is -2.27. The van der Waals surface area contributed by atoms with Crippen LogP contribution in [0.4, 0.5) is 11.4 Å². The van der Waals surface area contributed by atoms with Crippen molar-refractivity contribution in [2.45, 2.75) is 9.79 Å². The van der Waals surface area contributed by atoms with Gasteiger partial charge in [0.2, 0.25) is 5.91 Å². The van der Waals surface area contributed by atoms with E-state index in [2.05, 4.69) is 5.32 Å². The first kappa shape index (κ1) is 18.4. The maximum atomic E-state index is 13.0. The molecule has 138 valence electrons. The molecule has 0 bridgehead atoms. The van der Waals surface area contributed by atoms with Crippen molar-refractivity contribution in [2.75, 3.05) is 36.6 Å². The molecule has 3 rings (SSSR count). The lowest BCUT2D eigenvalue weighted by atomic mass is 10.3. The normalized spacial score (nSPS) is 13.6. The Morgan fingerprint density at radius 1 is 1.12 bits per heavy atom. The minimum Gasteiger partial charge on any atom is -0.497 e. The van der Waals surface area contributed by atoms with E-state index in [0.29, 0.717) is 28.6 Å². The van der Waals surface area contributed by atoms with Crippen LogP contribution in [0, 0.1) is 0 Å². The summed E-state index contributed by atoms with van der Waals surface area (Å²) in [6, 6.07) is 9.60. The summed E-state index contributed by atoms with van der Waals surface area (Å²) in [6.07, 6.45) is 0. The molecule has 1 amide bonds. The van der Waals surface area contributed by atoms with Gasteiger partial charge in [0.1, 0.15) is 11.5 Å². The number of hydrogen-bond donors (Lipinski definition) is 1. The van der Waals surface area contributed by atoms with Crippen LogP contribution in [0.2, 0.25) is 0 Å². The van der Waals surface area contributed by atoms with Crippen molar-refractivity contribution in [3.63, 3.8) is 0 Å². The third kappa shape index (κ3) is 3.32. The van der Waals surface area contributed by atoms with Crippen molar-refractivity contribution in [3.05, 3.63) is 36.4 Å². The highest BCUT2D eigenvalue weighted by Gasteiger charge is 2.26. The van der Waals surface area contributed by atoms with Crippen LogP contribution in [0.15, 0.2) is 46.2 Å². The Morgan fingerprint density at radius 2 is 1.88 bits per heavy atom. The summed E-state index contributed by atoms with van der Waals surface area (Å²) in [5, 5.41) is 2.70. The van der Waals surface area contributed by atoms with E-state index in [1.807, 2.05) is 0 Å². The third-order valence-corrected chi connectivity index (χ3v) is 6.81. The van der Waals surface area contributed by atoms with Gasteiger partial charge in [-0.1, -0.05) is 0 Å². The van der Waals surface area contributed by atoms with Crippen molar-refractivity contribution in [1.82, 2.24) is 0 Å². The number of carbonyl (C=O) groups excluding carboxylic acids is 1. The molecule has 2 aromatic rings. The molecule has 0 saturated carbocycles. The number of rotatable bonds is 5. The molecule has 9 heteroatoms. The summed E-state index contributed by atoms with van der Waals surface area (Å²) >= 11 is 1.38. The molecule has 2 aromatic carbocycles. The predicted octanol–water partition coefficient (Wildman–Crippen LogP) is 2.57. The summed E-state index contributed by atoms with van der Waals surface area (Å²) < 4.78 is 37.7. The quantitative estimate of drug-likeness (QED) is 0.839. The second-order valence-corrected chi connectivity index (χ2v) is 8.49. The largest absolute Gasteiger partial charge is 0.497 e. The topological polar surface area (TPSA) is 84.9 Å². The van der Waals surface area contributed by atoms with Crippen LogP contribution in [0.3, 0.4) is 0 Å². The lowest BCUT2D eigenvalue weighted by molar-refractivity contribution is -0.113. The monoisotopic (exact) mass is 394 g/mol. The number of thioether (sulfide) groups is 1. The fourth-order valence-corrected chi connectivity index (χ4v) is 4.58. The number of nitrogens with zero attached hydrogens (tertiary/aromatic N) is 1. The van der Waals surface area contributed by atoms with E-state index in [1.54, 1.807) is 24.3 Å². The molecule has 1 aliphatic heterocycles. The van der Waals surface area contributed by atoms with E-state index in [4.69, 9.17) is 9.47 Å². The predicted molar refractivity (Wildman–Crippen MR) is 101 cm³/mol. The average Bonchev–Trinajstić information content (AvgIpc) is 2.66. The van der Waals surface area contributed by atoms with E-state index in [1.165, 1.54) is 45.2 Å². The fourth-order valence-electron chi connectivity index (χ4n) is 2.56. The first-order valence-corrected chi connectivity index (χ1v) is 10.1. The smallest absolute Gasteiger partial charge is 0.264 e. The number of methoxy groups -OCH3 is 2. The summed E-state index contributed by atoms with van der Waals surface area (Å²) in [5.74, 6) is 1.10. The van der Waals surface area contributed by atoms with Gasteiger partial charge in [-0.05, 0) is 30.3 Å². The summed E-state index contributed by atoms with van der Waals surface area (Å²) in [7, 11) is 0.592. The zero-order valence-corrected chi connectivity index (χ0v) is 16.1. The van der Waals surface area contributed by atoms with Crippen molar-refractivity contribution < 1.29 is 22.7 Å². The first-order chi connectivity index (χ1) is 12.4. The van der Waals surface area contributed by atoms with Crippen LogP contribution in [0.5, 0.6) is 11.5 Å². The van der Waals surface area contributed by atoms with Gasteiger partial charge >= 0.3 is 0 Å². The van der Waals surface area contributed by atoms with Gasteiger partial charge in [0.05, 0.1) is 36.2 Å². The van der Waals surface area contributed by atoms with Gasteiger partial charge in [-0.3, -0.25) is 9.10 Å². The van der Waals surface area contributed by atoms with Gasteiger partial charge in [-0.2, -0.15) is 0 Å². The Balaban J connectivity index is 2.00. The van der Waals surface area contributed by atoms with Gasteiger partial charge in [0.15, 0.2) is 0 Å². The number of amides is 1. The SMILES string of the molecule is COc1ccc(N(C)S(=O)(=O)c2ccc3c(c2)NC(=O)CS3)c(OC)c1. The molecule has 26 heavy (non-hydrogen) atoms. The van der Waals surface area contributed by atoms with E-state index in [0.717, 1.165) is 9.20 Å². The Hall–Kier alpha value is -2.39. The first-order valence-electron chi connectivity index (χ1n) is 7.64. The average molecular weight is 394 g/mol. The Bertz CT molecular complexity index is 960. The number of fused-ring (bicyclic) bond motifs is 1.